The Morgan fingerprint density at radius 3 is 2.52 bits per heavy atom. The second kappa shape index (κ2) is 5.74. The van der Waals surface area contributed by atoms with Crippen LogP contribution in [0.15, 0.2) is 60.7 Å². The maximum absolute atomic E-state index is 13.8. The van der Waals surface area contributed by atoms with E-state index in [1.165, 1.54) is 16.8 Å². The van der Waals surface area contributed by atoms with Crippen molar-refractivity contribution in [1.82, 2.24) is 0 Å². The number of hydrogen-bond donors (Lipinski definition) is 1. The van der Waals surface area contributed by atoms with Crippen LogP contribution in [0.25, 0.3) is 10.8 Å². The molecule has 3 rings (SSSR count). The third kappa shape index (κ3) is 3.01. The van der Waals surface area contributed by atoms with E-state index in [9.17, 15) is 4.39 Å². The van der Waals surface area contributed by atoms with E-state index in [0.717, 1.165) is 5.56 Å². The van der Waals surface area contributed by atoms with Gasteiger partial charge in [0.1, 0.15) is 5.82 Å². The van der Waals surface area contributed by atoms with Crippen molar-refractivity contribution in [1.29, 1.82) is 0 Å². The van der Waals surface area contributed by atoms with Crippen LogP contribution >= 0.6 is 11.6 Å². The molecule has 0 aliphatic heterocycles. The molecule has 0 bridgehead atoms. The highest BCUT2D eigenvalue weighted by atomic mass is 35.5. The predicted molar refractivity (Wildman–Crippen MR) is 87.4 cm³/mol. The summed E-state index contributed by atoms with van der Waals surface area (Å²) in [7, 11) is 0. The van der Waals surface area contributed by atoms with Crippen molar-refractivity contribution in [3.05, 3.63) is 77.1 Å². The normalized spacial score (nSPS) is 12.3. The number of benzene rings is 3. The lowest BCUT2D eigenvalue weighted by Gasteiger charge is -2.17. The highest BCUT2D eigenvalue weighted by Crippen LogP contribution is 2.26. The molecule has 0 radical (unpaired) electrons. The Labute approximate surface area is 128 Å². The standard InChI is InChI=1S/C18H15ClFN/c1-12(21-18-11-16(19)8-9-17(18)20)14-7-6-13-4-2-3-5-15(13)10-14/h2-12,21H,1H3. The quantitative estimate of drug-likeness (QED) is 0.644. The van der Waals surface area contributed by atoms with E-state index in [1.807, 2.05) is 19.1 Å². The Morgan fingerprint density at radius 2 is 1.71 bits per heavy atom. The Bertz CT molecular complexity index is 785. The van der Waals surface area contributed by atoms with Crippen LogP contribution in [0.1, 0.15) is 18.5 Å². The number of anilines is 1. The summed E-state index contributed by atoms with van der Waals surface area (Å²) >= 11 is 5.92. The molecule has 0 amide bonds. The van der Waals surface area contributed by atoms with Gasteiger partial charge < -0.3 is 5.32 Å². The molecule has 106 valence electrons. The molecular formula is C18H15ClFN. The highest BCUT2D eigenvalue weighted by molar-refractivity contribution is 6.30. The molecule has 3 aromatic rings. The van der Waals surface area contributed by atoms with Crippen LogP contribution in [-0.4, -0.2) is 0 Å². The highest BCUT2D eigenvalue weighted by Gasteiger charge is 2.09. The predicted octanol–water partition coefficient (Wildman–Crippen LogP) is 5.81. The third-order valence-corrected chi connectivity index (χ3v) is 3.81. The van der Waals surface area contributed by atoms with Crippen molar-refractivity contribution >= 4 is 28.1 Å². The summed E-state index contributed by atoms with van der Waals surface area (Å²) < 4.78 is 13.8. The minimum absolute atomic E-state index is 0.0115. The van der Waals surface area contributed by atoms with Gasteiger partial charge in [0.2, 0.25) is 0 Å². The van der Waals surface area contributed by atoms with Crippen molar-refractivity contribution < 1.29 is 4.39 Å². The summed E-state index contributed by atoms with van der Waals surface area (Å²) in [4.78, 5) is 0. The second-order valence-electron chi connectivity index (χ2n) is 5.10. The zero-order chi connectivity index (χ0) is 14.8. The number of rotatable bonds is 3. The van der Waals surface area contributed by atoms with E-state index in [0.29, 0.717) is 10.7 Å². The van der Waals surface area contributed by atoms with Crippen molar-refractivity contribution in [3.63, 3.8) is 0 Å². The van der Waals surface area contributed by atoms with Crippen molar-refractivity contribution in [2.45, 2.75) is 13.0 Å². The minimum atomic E-state index is -0.299. The van der Waals surface area contributed by atoms with E-state index >= 15 is 0 Å². The van der Waals surface area contributed by atoms with Crippen LogP contribution in [0.2, 0.25) is 5.02 Å². The fraction of sp³-hybridized carbons (Fsp3) is 0.111. The zero-order valence-corrected chi connectivity index (χ0v) is 12.4. The van der Waals surface area contributed by atoms with E-state index in [4.69, 9.17) is 11.6 Å². The van der Waals surface area contributed by atoms with Crippen molar-refractivity contribution in [2.24, 2.45) is 0 Å². The molecular weight excluding hydrogens is 285 g/mol. The molecule has 0 fully saturated rings. The molecule has 0 aliphatic rings. The molecule has 3 aromatic carbocycles. The van der Waals surface area contributed by atoms with Crippen molar-refractivity contribution in [2.75, 3.05) is 5.32 Å². The number of nitrogens with one attached hydrogen (secondary N) is 1. The fourth-order valence-electron chi connectivity index (χ4n) is 2.40. The smallest absolute Gasteiger partial charge is 0.146 e. The first-order valence-electron chi connectivity index (χ1n) is 6.84. The van der Waals surface area contributed by atoms with E-state index in [-0.39, 0.29) is 11.9 Å². The van der Waals surface area contributed by atoms with Crippen LogP contribution in [0.4, 0.5) is 10.1 Å². The van der Waals surface area contributed by atoms with Crippen LogP contribution in [0, 0.1) is 5.82 Å². The first-order chi connectivity index (χ1) is 10.1. The Hall–Kier alpha value is -2.06. The van der Waals surface area contributed by atoms with E-state index in [2.05, 4.69) is 35.6 Å². The Kier molecular flexibility index (Phi) is 3.80. The molecule has 21 heavy (non-hydrogen) atoms. The van der Waals surface area contributed by atoms with E-state index < -0.39 is 0 Å². The largest absolute Gasteiger partial charge is 0.376 e. The summed E-state index contributed by atoms with van der Waals surface area (Å²) in [6.45, 7) is 2.00. The topological polar surface area (TPSA) is 12.0 Å². The van der Waals surface area contributed by atoms with Gasteiger partial charge in [0.05, 0.1) is 5.69 Å². The molecule has 0 spiro atoms. The van der Waals surface area contributed by atoms with Gasteiger partial charge in [0, 0.05) is 11.1 Å². The maximum Gasteiger partial charge on any atom is 0.146 e. The van der Waals surface area contributed by atoms with Gasteiger partial charge in [-0.1, -0.05) is 48.0 Å². The molecule has 0 saturated heterocycles. The molecule has 1 atom stereocenters. The summed E-state index contributed by atoms with van der Waals surface area (Å²) in [6, 6.07) is 19.0. The van der Waals surface area contributed by atoms with Gasteiger partial charge in [-0.2, -0.15) is 0 Å². The molecule has 1 unspecified atom stereocenters. The van der Waals surface area contributed by atoms with Gasteiger partial charge in [-0.25, -0.2) is 4.39 Å². The first-order valence-corrected chi connectivity index (χ1v) is 7.21. The Balaban J connectivity index is 1.89. The summed E-state index contributed by atoms with van der Waals surface area (Å²) in [5.41, 5.74) is 1.52. The lowest BCUT2D eigenvalue weighted by Crippen LogP contribution is -2.07. The van der Waals surface area contributed by atoms with Crippen LogP contribution in [-0.2, 0) is 0 Å². The van der Waals surface area contributed by atoms with Crippen LogP contribution in [0.3, 0.4) is 0 Å². The number of halogens is 2. The molecule has 0 saturated carbocycles. The third-order valence-electron chi connectivity index (χ3n) is 3.57. The van der Waals surface area contributed by atoms with Gasteiger partial charge in [-0.15, -0.1) is 0 Å². The lowest BCUT2D eigenvalue weighted by atomic mass is 10.0. The van der Waals surface area contributed by atoms with Crippen LogP contribution in [0.5, 0.6) is 0 Å². The average Bonchev–Trinajstić information content (AvgIpc) is 2.50. The minimum Gasteiger partial charge on any atom is -0.376 e. The summed E-state index contributed by atoms with van der Waals surface area (Å²) in [6.07, 6.45) is 0. The summed E-state index contributed by atoms with van der Waals surface area (Å²) in [5, 5.41) is 6.06. The van der Waals surface area contributed by atoms with Gasteiger partial charge >= 0.3 is 0 Å². The Morgan fingerprint density at radius 1 is 0.952 bits per heavy atom. The first kappa shape index (κ1) is 13.9. The van der Waals surface area contributed by atoms with Gasteiger partial charge in [0.15, 0.2) is 0 Å². The maximum atomic E-state index is 13.8. The fourth-order valence-corrected chi connectivity index (χ4v) is 2.57. The monoisotopic (exact) mass is 299 g/mol. The molecule has 0 aliphatic carbocycles. The SMILES string of the molecule is CC(Nc1cc(Cl)ccc1F)c1ccc2ccccc2c1. The van der Waals surface area contributed by atoms with Gasteiger partial charge in [-0.05, 0) is 47.5 Å². The zero-order valence-electron chi connectivity index (χ0n) is 11.6. The lowest BCUT2D eigenvalue weighted by molar-refractivity contribution is 0.627. The molecule has 1 nitrogen and oxygen atoms in total. The van der Waals surface area contributed by atoms with Crippen LogP contribution < -0.4 is 5.32 Å². The second-order valence-corrected chi connectivity index (χ2v) is 5.53. The van der Waals surface area contributed by atoms with Gasteiger partial charge in [0.25, 0.3) is 0 Å². The number of fused-ring (bicyclic) bond motifs is 1. The van der Waals surface area contributed by atoms with Gasteiger partial charge in [-0.3, -0.25) is 0 Å². The molecule has 1 N–H and O–H groups in total. The molecule has 3 heteroatoms. The average molecular weight is 300 g/mol. The summed E-state index contributed by atoms with van der Waals surface area (Å²) in [5.74, 6) is -0.299. The van der Waals surface area contributed by atoms with E-state index in [1.54, 1.807) is 12.1 Å². The number of hydrogen-bond acceptors (Lipinski definition) is 1. The van der Waals surface area contributed by atoms with Crippen molar-refractivity contribution in [3.8, 4) is 0 Å². The molecule has 0 heterocycles. The molecule has 0 aromatic heterocycles.